The monoisotopic (exact) mass is 412 g/mol. The van der Waals surface area contributed by atoms with Gasteiger partial charge in [0.1, 0.15) is 18.0 Å². The van der Waals surface area contributed by atoms with Crippen LogP contribution in [0.3, 0.4) is 0 Å². The van der Waals surface area contributed by atoms with Crippen LogP contribution in [0.4, 0.5) is 0 Å². The molecule has 0 aliphatic carbocycles. The Morgan fingerprint density at radius 3 is 2.76 bits per heavy atom. The van der Waals surface area contributed by atoms with E-state index in [1.807, 2.05) is 43.3 Å². The van der Waals surface area contributed by atoms with Crippen molar-refractivity contribution >= 4 is 17.5 Å². The summed E-state index contributed by atoms with van der Waals surface area (Å²) in [5.74, 6) is 1.16. The molecule has 3 aromatic rings. The van der Waals surface area contributed by atoms with Gasteiger partial charge in [-0.05, 0) is 31.2 Å². The summed E-state index contributed by atoms with van der Waals surface area (Å²) >= 11 is 6.28. The quantitative estimate of drug-likeness (QED) is 0.643. The van der Waals surface area contributed by atoms with Gasteiger partial charge in [-0.3, -0.25) is 9.48 Å². The number of pyridine rings is 1. The Morgan fingerprint density at radius 1 is 1.24 bits per heavy atom. The fraction of sp³-hybridized carbons (Fsp3) is 0.286. The first-order chi connectivity index (χ1) is 14.0. The molecule has 0 saturated carbocycles. The summed E-state index contributed by atoms with van der Waals surface area (Å²) in [6, 6.07) is 12.9. The third-order valence-electron chi connectivity index (χ3n) is 4.58. The number of ether oxygens (including phenoxy) is 2. The van der Waals surface area contributed by atoms with Gasteiger partial charge in [-0.25, -0.2) is 4.98 Å². The van der Waals surface area contributed by atoms with Crippen LogP contribution in [0.25, 0.3) is 0 Å². The first-order valence-electron chi connectivity index (χ1n) is 9.29. The number of rotatable bonds is 5. The summed E-state index contributed by atoms with van der Waals surface area (Å²) < 4.78 is 13.5. The van der Waals surface area contributed by atoms with Crippen molar-refractivity contribution in [3.63, 3.8) is 0 Å². The van der Waals surface area contributed by atoms with Gasteiger partial charge in [0.05, 0.1) is 18.1 Å². The molecule has 1 aliphatic rings. The van der Waals surface area contributed by atoms with Gasteiger partial charge in [0.25, 0.3) is 5.91 Å². The summed E-state index contributed by atoms with van der Waals surface area (Å²) in [6.45, 7) is 2.76. The maximum absolute atomic E-state index is 13.2. The van der Waals surface area contributed by atoms with E-state index >= 15 is 0 Å². The topological polar surface area (TPSA) is 69.5 Å². The molecule has 3 heterocycles. The summed E-state index contributed by atoms with van der Waals surface area (Å²) in [5.41, 5.74) is 1.76. The van der Waals surface area contributed by atoms with Crippen LogP contribution in [-0.2, 0) is 13.6 Å². The lowest BCUT2D eigenvalue weighted by atomic mass is 10.2. The molecule has 0 spiro atoms. The van der Waals surface area contributed by atoms with Crippen molar-refractivity contribution in [2.45, 2.75) is 19.6 Å². The standard InChI is InChI=1S/C21H21ClN4O3/c1-14-6-5-7-17(23-14)21(27)26(12-18-16(22)11-25(2)24-18)10-15-13-28-19-8-3-4-9-20(19)29-15/h3-9,11,15H,10,12-13H2,1-2H3. The number of hydrogen-bond donors (Lipinski definition) is 0. The zero-order chi connectivity index (χ0) is 20.4. The number of carbonyl (C=O) groups is 1. The lowest BCUT2D eigenvalue weighted by Gasteiger charge is -2.31. The molecule has 7 nitrogen and oxygen atoms in total. The molecular weight excluding hydrogens is 392 g/mol. The molecule has 1 amide bonds. The molecule has 1 atom stereocenters. The number of nitrogens with zero attached hydrogens (tertiary/aromatic N) is 4. The van der Waals surface area contributed by atoms with Gasteiger partial charge in [0.15, 0.2) is 17.6 Å². The number of hydrogen-bond acceptors (Lipinski definition) is 5. The number of amides is 1. The highest BCUT2D eigenvalue weighted by molar-refractivity contribution is 6.31. The van der Waals surface area contributed by atoms with E-state index in [1.165, 1.54) is 0 Å². The second-order valence-electron chi connectivity index (χ2n) is 6.94. The van der Waals surface area contributed by atoms with Gasteiger partial charge in [-0.1, -0.05) is 29.8 Å². The highest BCUT2D eigenvalue weighted by atomic mass is 35.5. The number of para-hydroxylation sites is 2. The van der Waals surface area contributed by atoms with Crippen molar-refractivity contribution in [3.8, 4) is 11.5 Å². The van der Waals surface area contributed by atoms with E-state index in [0.29, 0.717) is 41.1 Å². The minimum Gasteiger partial charge on any atom is -0.486 e. The molecule has 0 saturated heterocycles. The number of aromatic nitrogens is 3. The Bertz CT molecular complexity index is 1040. The molecule has 0 radical (unpaired) electrons. The Balaban J connectivity index is 1.58. The fourth-order valence-corrected chi connectivity index (χ4v) is 3.47. The minimum absolute atomic E-state index is 0.210. The number of aryl methyl sites for hydroxylation is 2. The first kappa shape index (κ1) is 19.3. The van der Waals surface area contributed by atoms with Crippen LogP contribution in [0, 0.1) is 6.92 Å². The fourth-order valence-electron chi connectivity index (χ4n) is 3.24. The molecule has 4 rings (SSSR count). The maximum Gasteiger partial charge on any atom is 0.272 e. The Kier molecular flexibility index (Phi) is 5.40. The van der Waals surface area contributed by atoms with Crippen molar-refractivity contribution in [2.24, 2.45) is 7.05 Å². The van der Waals surface area contributed by atoms with Crippen molar-refractivity contribution in [1.82, 2.24) is 19.7 Å². The average molecular weight is 413 g/mol. The number of benzene rings is 1. The zero-order valence-corrected chi connectivity index (χ0v) is 17.0. The smallest absolute Gasteiger partial charge is 0.272 e. The van der Waals surface area contributed by atoms with Gasteiger partial charge in [0, 0.05) is 18.9 Å². The molecule has 8 heteroatoms. The highest BCUT2D eigenvalue weighted by Gasteiger charge is 2.28. The van der Waals surface area contributed by atoms with Gasteiger partial charge < -0.3 is 14.4 Å². The number of halogens is 1. The van der Waals surface area contributed by atoms with E-state index in [0.717, 1.165) is 5.69 Å². The molecule has 1 aliphatic heterocycles. The van der Waals surface area contributed by atoms with Crippen LogP contribution in [0.15, 0.2) is 48.7 Å². The van der Waals surface area contributed by atoms with E-state index in [-0.39, 0.29) is 18.6 Å². The van der Waals surface area contributed by atoms with E-state index in [4.69, 9.17) is 21.1 Å². The molecule has 0 N–H and O–H groups in total. The van der Waals surface area contributed by atoms with Gasteiger partial charge in [-0.15, -0.1) is 0 Å². The third kappa shape index (κ3) is 4.35. The van der Waals surface area contributed by atoms with E-state index in [9.17, 15) is 4.79 Å². The van der Waals surface area contributed by atoms with Crippen LogP contribution in [-0.4, -0.2) is 44.8 Å². The van der Waals surface area contributed by atoms with Crippen LogP contribution in [0.1, 0.15) is 21.9 Å². The Hall–Kier alpha value is -3.06. The molecule has 0 fully saturated rings. The van der Waals surface area contributed by atoms with E-state index < -0.39 is 0 Å². The van der Waals surface area contributed by atoms with Crippen LogP contribution in [0.2, 0.25) is 5.02 Å². The van der Waals surface area contributed by atoms with Gasteiger partial charge in [0.2, 0.25) is 0 Å². The van der Waals surface area contributed by atoms with Crippen LogP contribution >= 0.6 is 11.6 Å². The van der Waals surface area contributed by atoms with Gasteiger partial charge in [-0.2, -0.15) is 5.10 Å². The van der Waals surface area contributed by atoms with Crippen molar-refractivity contribution in [3.05, 3.63) is 70.8 Å². The van der Waals surface area contributed by atoms with Crippen molar-refractivity contribution in [2.75, 3.05) is 13.2 Å². The molecule has 1 unspecified atom stereocenters. The Labute approximate surface area is 173 Å². The highest BCUT2D eigenvalue weighted by Crippen LogP contribution is 2.31. The molecule has 1 aromatic carbocycles. The predicted octanol–water partition coefficient (Wildman–Crippen LogP) is 3.26. The van der Waals surface area contributed by atoms with Crippen LogP contribution in [0.5, 0.6) is 11.5 Å². The first-order valence-corrected chi connectivity index (χ1v) is 9.67. The second-order valence-corrected chi connectivity index (χ2v) is 7.35. The SMILES string of the molecule is Cc1cccc(C(=O)N(Cc2nn(C)cc2Cl)CC2COc3ccccc3O2)n1. The summed E-state index contributed by atoms with van der Waals surface area (Å²) in [6.07, 6.45) is 1.39. The maximum atomic E-state index is 13.2. The average Bonchev–Trinajstić information content (AvgIpc) is 3.03. The van der Waals surface area contributed by atoms with Crippen molar-refractivity contribution < 1.29 is 14.3 Å². The van der Waals surface area contributed by atoms with Crippen molar-refractivity contribution in [1.29, 1.82) is 0 Å². The summed E-state index contributed by atoms with van der Waals surface area (Å²) in [4.78, 5) is 19.2. The summed E-state index contributed by atoms with van der Waals surface area (Å²) in [5, 5.41) is 4.88. The van der Waals surface area contributed by atoms with Crippen LogP contribution < -0.4 is 9.47 Å². The molecule has 0 bridgehead atoms. The minimum atomic E-state index is -0.318. The zero-order valence-electron chi connectivity index (χ0n) is 16.2. The number of carbonyl (C=O) groups excluding carboxylic acids is 1. The Morgan fingerprint density at radius 2 is 2.03 bits per heavy atom. The molecular formula is C21H21ClN4O3. The lowest BCUT2D eigenvalue weighted by Crippen LogP contribution is -2.43. The lowest BCUT2D eigenvalue weighted by molar-refractivity contribution is 0.0437. The summed E-state index contributed by atoms with van der Waals surface area (Å²) in [7, 11) is 1.79. The van der Waals surface area contributed by atoms with E-state index in [2.05, 4.69) is 10.1 Å². The van der Waals surface area contributed by atoms with Gasteiger partial charge >= 0.3 is 0 Å². The van der Waals surface area contributed by atoms with E-state index in [1.54, 1.807) is 28.9 Å². The predicted molar refractivity (Wildman–Crippen MR) is 108 cm³/mol. The second kappa shape index (κ2) is 8.13. The molecule has 150 valence electrons. The number of fused-ring (bicyclic) bond motifs is 1. The largest absolute Gasteiger partial charge is 0.486 e. The third-order valence-corrected chi connectivity index (χ3v) is 4.90. The molecule has 29 heavy (non-hydrogen) atoms. The normalized spacial score (nSPS) is 15.2. The molecule has 2 aromatic heterocycles.